The number of benzene rings is 1. The van der Waals surface area contributed by atoms with E-state index in [9.17, 15) is 22.0 Å². The molecule has 4 rings (SSSR count). The number of carbonyl (C=O) groups excluding carboxylic acids is 1. The van der Waals surface area contributed by atoms with Gasteiger partial charge in [0.25, 0.3) is 5.91 Å². The van der Waals surface area contributed by atoms with Crippen LogP contribution in [0.2, 0.25) is 5.02 Å². The average Bonchev–Trinajstić information content (AvgIpc) is 3.09. The molecule has 0 saturated carbocycles. The Hall–Kier alpha value is -2.46. The summed E-state index contributed by atoms with van der Waals surface area (Å²) in [6, 6.07) is 4.57. The second-order valence-corrected chi connectivity index (χ2v) is 10.4. The van der Waals surface area contributed by atoms with E-state index in [0.717, 1.165) is 12.3 Å². The molecule has 1 aromatic heterocycles. The number of anilines is 1. The molecule has 2 saturated heterocycles. The van der Waals surface area contributed by atoms with Crippen LogP contribution in [-0.4, -0.2) is 62.2 Å². The van der Waals surface area contributed by atoms with E-state index in [4.69, 9.17) is 16.3 Å². The van der Waals surface area contributed by atoms with Crippen molar-refractivity contribution in [1.29, 1.82) is 0 Å². The first-order valence-electron chi connectivity index (χ1n) is 10.2. The van der Waals surface area contributed by atoms with Gasteiger partial charge in [0.1, 0.15) is 0 Å². The number of likely N-dealkylation sites (tertiary alicyclic amines) is 1. The van der Waals surface area contributed by atoms with Crippen LogP contribution >= 0.6 is 11.6 Å². The van der Waals surface area contributed by atoms with Crippen molar-refractivity contribution in [2.24, 2.45) is 0 Å². The topological polar surface area (TPSA) is 79.8 Å². The van der Waals surface area contributed by atoms with Gasteiger partial charge in [-0.3, -0.25) is 4.79 Å². The van der Waals surface area contributed by atoms with Gasteiger partial charge in [-0.05, 0) is 37.1 Å². The Morgan fingerprint density at radius 1 is 1.09 bits per heavy atom. The Morgan fingerprint density at radius 3 is 2.44 bits per heavy atom. The number of ether oxygens (including phenoxy) is 1. The van der Waals surface area contributed by atoms with Crippen molar-refractivity contribution in [3.05, 3.63) is 47.1 Å². The number of pyridine rings is 1. The molecule has 1 amide bonds. The zero-order valence-electron chi connectivity index (χ0n) is 17.3. The van der Waals surface area contributed by atoms with Gasteiger partial charge >= 0.3 is 0 Å². The van der Waals surface area contributed by atoms with Gasteiger partial charge in [0.2, 0.25) is 0 Å². The lowest BCUT2D eigenvalue weighted by molar-refractivity contribution is -0.135. The van der Waals surface area contributed by atoms with Crippen molar-refractivity contribution in [3.8, 4) is 5.75 Å². The number of hydrogen-bond donors (Lipinski definition) is 0. The Morgan fingerprint density at radius 2 is 1.81 bits per heavy atom. The molecule has 0 N–H and O–H groups in total. The predicted molar refractivity (Wildman–Crippen MR) is 115 cm³/mol. The van der Waals surface area contributed by atoms with Gasteiger partial charge in [-0.25, -0.2) is 22.2 Å². The smallest absolute Gasteiger partial charge is 0.263 e. The first-order chi connectivity index (χ1) is 15.1. The summed E-state index contributed by atoms with van der Waals surface area (Å²) >= 11 is 5.76. The number of nitrogens with zero attached hydrogens (tertiary/aromatic N) is 3. The SMILES string of the molecule is CS(=O)(=O)c1ccc(O[C@H]2CCN(C3CCN(c4ncc(Cl)cc4F)CC3)C2=O)c(F)c1. The monoisotopic (exact) mass is 485 g/mol. The van der Waals surface area contributed by atoms with Crippen LogP contribution in [-0.2, 0) is 14.6 Å². The standard InChI is InChI=1S/C21H22ClF2N3O4S/c1-32(29,30)15-2-3-18(16(23)11-15)31-19-6-9-27(21(19)28)14-4-7-26(8-5-14)20-17(24)10-13(22)12-25-20/h2-3,10-12,14,19H,4-9H2,1H3/t19-/m0/s1. The fourth-order valence-corrected chi connectivity index (χ4v) is 4.91. The summed E-state index contributed by atoms with van der Waals surface area (Å²) in [5, 5.41) is 0.234. The van der Waals surface area contributed by atoms with Crippen molar-refractivity contribution < 1.29 is 26.7 Å². The summed E-state index contributed by atoms with van der Waals surface area (Å²) in [5.41, 5.74) is 0. The summed E-state index contributed by atoms with van der Waals surface area (Å²) < 4.78 is 57.1. The maximum absolute atomic E-state index is 14.3. The molecule has 1 aromatic carbocycles. The number of piperidine rings is 1. The third-order valence-corrected chi connectivity index (χ3v) is 7.10. The molecule has 7 nitrogen and oxygen atoms in total. The largest absolute Gasteiger partial charge is 0.477 e. The van der Waals surface area contributed by atoms with Gasteiger partial charge in [-0.2, -0.15) is 0 Å². The molecule has 1 atom stereocenters. The highest BCUT2D eigenvalue weighted by Gasteiger charge is 2.39. The molecule has 0 unspecified atom stereocenters. The predicted octanol–water partition coefficient (Wildman–Crippen LogP) is 3.07. The highest BCUT2D eigenvalue weighted by atomic mass is 35.5. The Bertz CT molecular complexity index is 1140. The van der Waals surface area contributed by atoms with Gasteiger partial charge < -0.3 is 14.5 Å². The summed E-state index contributed by atoms with van der Waals surface area (Å²) in [5.74, 6) is -1.45. The molecular weight excluding hydrogens is 464 g/mol. The lowest BCUT2D eigenvalue weighted by Gasteiger charge is -2.37. The molecule has 172 valence electrons. The van der Waals surface area contributed by atoms with Crippen LogP contribution in [0.1, 0.15) is 19.3 Å². The van der Waals surface area contributed by atoms with E-state index in [2.05, 4.69) is 4.98 Å². The second kappa shape index (κ2) is 8.82. The maximum atomic E-state index is 14.3. The van der Waals surface area contributed by atoms with Crippen molar-refractivity contribution in [2.75, 3.05) is 30.8 Å². The molecule has 2 aliphatic rings. The number of aromatic nitrogens is 1. The van der Waals surface area contributed by atoms with Crippen LogP contribution in [0.25, 0.3) is 0 Å². The maximum Gasteiger partial charge on any atom is 0.263 e. The van der Waals surface area contributed by atoms with E-state index >= 15 is 0 Å². The average molecular weight is 486 g/mol. The molecule has 2 fully saturated rings. The third kappa shape index (κ3) is 4.66. The van der Waals surface area contributed by atoms with Crippen molar-refractivity contribution in [3.63, 3.8) is 0 Å². The summed E-state index contributed by atoms with van der Waals surface area (Å²) in [4.78, 5) is 20.4. The van der Waals surface area contributed by atoms with Crippen LogP contribution in [0.5, 0.6) is 5.75 Å². The van der Waals surface area contributed by atoms with E-state index in [1.807, 2.05) is 4.90 Å². The lowest BCUT2D eigenvalue weighted by Crippen LogP contribution is -2.47. The van der Waals surface area contributed by atoms with Gasteiger partial charge in [-0.1, -0.05) is 11.6 Å². The quantitative estimate of drug-likeness (QED) is 0.647. The molecule has 0 radical (unpaired) electrons. The van der Waals surface area contributed by atoms with E-state index in [1.165, 1.54) is 24.4 Å². The van der Waals surface area contributed by atoms with Gasteiger partial charge in [0, 0.05) is 44.5 Å². The molecule has 0 spiro atoms. The van der Waals surface area contributed by atoms with Crippen LogP contribution in [0.4, 0.5) is 14.6 Å². The Labute approximate surface area is 189 Å². The third-order valence-electron chi connectivity index (χ3n) is 5.78. The van der Waals surface area contributed by atoms with Gasteiger partial charge in [-0.15, -0.1) is 0 Å². The number of hydrogen-bond acceptors (Lipinski definition) is 6. The zero-order valence-corrected chi connectivity index (χ0v) is 18.9. The molecule has 32 heavy (non-hydrogen) atoms. The van der Waals surface area contributed by atoms with E-state index < -0.39 is 27.6 Å². The van der Waals surface area contributed by atoms with Crippen molar-refractivity contribution in [1.82, 2.24) is 9.88 Å². The van der Waals surface area contributed by atoms with Crippen molar-refractivity contribution in [2.45, 2.75) is 36.3 Å². The minimum atomic E-state index is -3.54. The zero-order chi connectivity index (χ0) is 23.0. The van der Waals surface area contributed by atoms with E-state index in [0.29, 0.717) is 38.9 Å². The minimum Gasteiger partial charge on any atom is -0.477 e. The molecule has 2 aliphatic heterocycles. The van der Waals surface area contributed by atoms with Crippen LogP contribution < -0.4 is 9.64 Å². The second-order valence-electron chi connectivity index (χ2n) is 7.97. The normalized spacial score (nSPS) is 20.1. The number of amides is 1. The van der Waals surface area contributed by atoms with Crippen LogP contribution in [0.3, 0.4) is 0 Å². The van der Waals surface area contributed by atoms with Crippen LogP contribution in [0, 0.1) is 11.6 Å². The minimum absolute atomic E-state index is 0.0276. The van der Waals surface area contributed by atoms with E-state index in [1.54, 1.807) is 4.90 Å². The molecule has 11 heteroatoms. The fourth-order valence-electron chi connectivity index (χ4n) is 4.14. The number of sulfone groups is 1. The van der Waals surface area contributed by atoms with Gasteiger partial charge in [0.05, 0.1) is 9.92 Å². The number of halogens is 3. The molecular formula is C21H22ClF2N3O4S. The first-order valence-corrected chi connectivity index (χ1v) is 12.4. The molecule has 0 aliphatic carbocycles. The molecule has 2 aromatic rings. The molecule has 3 heterocycles. The van der Waals surface area contributed by atoms with Crippen LogP contribution in [0.15, 0.2) is 35.4 Å². The fraction of sp³-hybridized carbons (Fsp3) is 0.429. The molecule has 0 bridgehead atoms. The lowest BCUT2D eigenvalue weighted by atomic mass is 10.0. The number of carbonyl (C=O) groups is 1. The summed E-state index contributed by atoms with van der Waals surface area (Å²) in [7, 11) is -3.54. The Balaban J connectivity index is 1.37. The summed E-state index contributed by atoms with van der Waals surface area (Å²) in [6.45, 7) is 1.55. The highest BCUT2D eigenvalue weighted by Crippen LogP contribution is 2.29. The highest BCUT2D eigenvalue weighted by molar-refractivity contribution is 7.90. The van der Waals surface area contributed by atoms with Gasteiger partial charge in [0.15, 0.2) is 39.1 Å². The first kappa shape index (κ1) is 22.7. The summed E-state index contributed by atoms with van der Waals surface area (Å²) in [6.07, 6.45) is 3.24. The van der Waals surface area contributed by atoms with E-state index in [-0.39, 0.29) is 33.4 Å². The number of rotatable bonds is 5. The Kier molecular flexibility index (Phi) is 6.26. The van der Waals surface area contributed by atoms with Crippen molar-refractivity contribution >= 4 is 33.2 Å².